The highest BCUT2D eigenvalue weighted by Crippen LogP contribution is 2.24. The Hall–Kier alpha value is -1.86. The van der Waals surface area contributed by atoms with Crippen LogP contribution in [0.1, 0.15) is 46.0 Å². The smallest absolute Gasteiger partial charge is 0.262 e. The molecule has 1 fully saturated rings. The molecule has 0 aliphatic heterocycles. The van der Waals surface area contributed by atoms with Gasteiger partial charge in [-0.25, -0.2) is 4.98 Å². The zero-order valence-corrected chi connectivity index (χ0v) is 18.2. The number of carbonyl (C=O) groups excluding carboxylic acids is 1. The number of aromatic nitrogens is 2. The molecule has 1 N–H and O–H groups in total. The van der Waals surface area contributed by atoms with Gasteiger partial charge in [-0.15, -0.1) is 0 Å². The minimum absolute atomic E-state index is 0.0111. The summed E-state index contributed by atoms with van der Waals surface area (Å²) >= 11 is 1.34. The summed E-state index contributed by atoms with van der Waals surface area (Å²) in [4.78, 5) is 30.2. The third kappa shape index (κ3) is 5.82. The predicted molar refractivity (Wildman–Crippen MR) is 117 cm³/mol. The quantitative estimate of drug-likeness (QED) is 0.383. The molecule has 1 aromatic heterocycles. The monoisotopic (exact) mass is 417 g/mol. The van der Waals surface area contributed by atoms with E-state index in [0.29, 0.717) is 41.7 Å². The fraction of sp³-hybridized carbons (Fsp3) is 0.591. The molecule has 3 rings (SSSR count). The Labute approximate surface area is 176 Å². The van der Waals surface area contributed by atoms with Gasteiger partial charge in [-0.05, 0) is 44.2 Å². The van der Waals surface area contributed by atoms with Crippen molar-refractivity contribution in [1.29, 1.82) is 0 Å². The molecule has 2 aromatic rings. The van der Waals surface area contributed by atoms with Crippen LogP contribution < -0.4 is 10.9 Å². The summed E-state index contributed by atoms with van der Waals surface area (Å²) in [5.41, 5.74) is 0.610. The molecular weight excluding hydrogens is 386 g/mol. The van der Waals surface area contributed by atoms with Crippen molar-refractivity contribution < 1.29 is 9.53 Å². The van der Waals surface area contributed by atoms with E-state index in [-0.39, 0.29) is 23.3 Å². The van der Waals surface area contributed by atoms with Gasteiger partial charge < -0.3 is 10.1 Å². The average molecular weight is 418 g/mol. The SMILES string of the molecule is CCOCCCn1c(SCC(=O)N[C@H]2CCCC[C@@H]2C)nc2ccccc2c1=O. The lowest BCUT2D eigenvalue weighted by atomic mass is 9.86. The van der Waals surface area contributed by atoms with Crippen molar-refractivity contribution in [1.82, 2.24) is 14.9 Å². The Morgan fingerprint density at radius 1 is 1.31 bits per heavy atom. The average Bonchev–Trinajstić information content (AvgIpc) is 2.73. The Morgan fingerprint density at radius 2 is 2.10 bits per heavy atom. The van der Waals surface area contributed by atoms with Crippen molar-refractivity contribution in [3.05, 3.63) is 34.6 Å². The zero-order chi connectivity index (χ0) is 20.6. The molecule has 1 heterocycles. The number of hydrogen-bond donors (Lipinski definition) is 1. The van der Waals surface area contributed by atoms with Crippen LogP contribution in [0.15, 0.2) is 34.2 Å². The molecule has 0 unspecified atom stereocenters. The largest absolute Gasteiger partial charge is 0.382 e. The first-order valence-electron chi connectivity index (χ1n) is 10.6. The number of ether oxygens (including phenoxy) is 1. The van der Waals surface area contributed by atoms with Gasteiger partial charge in [0, 0.05) is 25.8 Å². The zero-order valence-electron chi connectivity index (χ0n) is 17.4. The van der Waals surface area contributed by atoms with Crippen molar-refractivity contribution >= 4 is 28.6 Å². The first kappa shape index (κ1) is 21.8. The van der Waals surface area contributed by atoms with Crippen molar-refractivity contribution in [2.75, 3.05) is 19.0 Å². The minimum atomic E-state index is -0.0593. The summed E-state index contributed by atoms with van der Waals surface area (Å²) in [6, 6.07) is 7.63. The highest BCUT2D eigenvalue weighted by molar-refractivity contribution is 7.99. The van der Waals surface area contributed by atoms with Gasteiger partial charge in [0.1, 0.15) is 0 Å². The Balaban J connectivity index is 1.72. The van der Waals surface area contributed by atoms with E-state index in [9.17, 15) is 9.59 Å². The van der Waals surface area contributed by atoms with Gasteiger partial charge in [0.2, 0.25) is 5.91 Å². The van der Waals surface area contributed by atoms with Gasteiger partial charge >= 0.3 is 0 Å². The molecular formula is C22H31N3O3S. The van der Waals surface area contributed by atoms with Crippen LogP contribution in [-0.2, 0) is 16.1 Å². The maximum absolute atomic E-state index is 13.0. The van der Waals surface area contributed by atoms with Crippen LogP contribution in [0.5, 0.6) is 0 Å². The van der Waals surface area contributed by atoms with E-state index in [0.717, 1.165) is 12.8 Å². The lowest BCUT2D eigenvalue weighted by Crippen LogP contribution is -2.42. The van der Waals surface area contributed by atoms with Crippen LogP contribution in [0, 0.1) is 5.92 Å². The molecule has 0 spiro atoms. The molecule has 0 saturated heterocycles. The third-order valence-electron chi connectivity index (χ3n) is 5.49. The molecule has 29 heavy (non-hydrogen) atoms. The van der Waals surface area contributed by atoms with Crippen LogP contribution in [0.2, 0.25) is 0 Å². The summed E-state index contributed by atoms with van der Waals surface area (Å²) in [5, 5.41) is 4.37. The number of nitrogens with zero attached hydrogens (tertiary/aromatic N) is 2. The number of fused-ring (bicyclic) bond motifs is 1. The summed E-state index contributed by atoms with van der Waals surface area (Å²) in [6.45, 7) is 5.95. The lowest BCUT2D eigenvalue weighted by Gasteiger charge is -2.29. The highest BCUT2D eigenvalue weighted by Gasteiger charge is 2.23. The molecule has 0 bridgehead atoms. The second-order valence-electron chi connectivity index (χ2n) is 7.64. The Bertz CT molecular complexity index is 883. The van der Waals surface area contributed by atoms with E-state index in [1.165, 1.54) is 31.0 Å². The van der Waals surface area contributed by atoms with Gasteiger partial charge in [-0.1, -0.05) is 43.7 Å². The molecule has 1 saturated carbocycles. The van der Waals surface area contributed by atoms with Crippen molar-refractivity contribution in [2.45, 2.75) is 63.7 Å². The summed E-state index contributed by atoms with van der Waals surface area (Å²) < 4.78 is 7.09. The second-order valence-corrected chi connectivity index (χ2v) is 8.59. The predicted octanol–water partition coefficient (Wildman–Crippen LogP) is 3.61. The fourth-order valence-electron chi connectivity index (χ4n) is 3.83. The Morgan fingerprint density at radius 3 is 2.90 bits per heavy atom. The van der Waals surface area contributed by atoms with Crippen molar-refractivity contribution in [3.63, 3.8) is 0 Å². The number of amides is 1. The van der Waals surface area contributed by atoms with E-state index in [1.807, 2.05) is 25.1 Å². The number of rotatable bonds is 9. The molecule has 0 radical (unpaired) electrons. The van der Waals surface area contributed by atoms with Gasteiger partial charge in [-0.3, -0.25) is 14.2 Å². The molecule has 2 atom stereocenters. The normalized spacial score (nSPS) is 19.4. The molecule has 1 aliphatic carbocycles. The Kier molecular flexibility index (Phi) is 8.12. The topological polar surface area (TPSA) is 73.2 Å². The molecule has 158 valence electrons. The van der Waals surface area contributed by atoms with Crippen molar-refractivity contribution in [3.8, 4) is 0 Å². The second kappa shape index (κ2) is 10.8. The molecule has 1 aromatic carbocycles. The number of carbonyl (C=O) groups is 1. The van der Waals surface area contributed by atoms with Gasteiger partial charge in [0.15, 0.2) is 5.16 Å². The number of para-hydroxylation sites is 1. The highest BCUT2D eigenvalue weighted by atomic mass is 32.2. The third-order valence-corrected chi connectivity index (χ3v) is 6.47. The molecule has 6 nitrogen and oxygen atoms in total. The minimum Gasteiger partial charge on any atom is -0.382 e. The number of hydrogen-bond acceptors (Lipinski definition) is 5. The van der Waals surface area contributed by atoms with E-state index >= 15 is 0 Å². The first-order chi connectivity index (χ1) is 14.1. The summed E-state index contributed by atoms with van der Waals surface area (Å²) in [6.07, 6.45) is 5.37. The maximum Gasteiger partial charge on any atom is 0.262 e. The van der Waals surface area contributed by atoms with Gasteiger partial charge in [-0.2, -0.15) is 0 Å². The number of thioether (sulfide) groups is 1. The number of benzene rings is 1. The van der Waals surface area contributed by atoms with Crippen LogP contribution in [0.4, 0.5) is 0 Å². The van der Waals surface area contributed by atoms with Crippen LogP contribution >= 0.6 is 11.8 Å². The van der Waals surface area contributed by atoms with Crippen molar-refractivity contribution in [2.24, 2.45) is 5.92 Å². The van der Waals surface area contributed by atoms with Gasteiger partial charge in [0.25, 0.3) is 5.56 Å². The van der Waals surface area contributed by atoms with Crippen LogP contribution in [0.3, 0.4) is 0 Å². The van der Waals surface area contributed by atoms with E-state index in [2.05, 4.69) is 17.2 Å². The maximum atomic E-state index is 13.0. The van der Waals surface area contributed by atoms with E-state index in [4.69, 9.17) is 4.74 Å². The summed E-state index contributed by atoms with van der Waals surface area (Å²) in [5.74, 6) is 0.796. The van der Waals surface area contributed by atoms with Crippen LogP contribution in [0.25, 0.3) is 10.9 Å². The van der Waals surface area contributed by atoms with E-state index < -0.39 is 0 Å². The standard InChI is InChI=1S/C22H31N3O3S/c1-3-28-14-8-13-25-21(27)17-10-5-7-12-19(17)24-22(25)29-15-20(26)23-18-11-6-4-9-16(18)2/h5,7,10,12,16,18H,3-4,6,8-9,11,13-15H2,1-2H3,(H,23,26)/t16-,18-/m0/s1. The molecule has 1 aliphatic rings. The molecule has 7 heteroatoms. The first-order valence-corrected chi connectivity index (χ1v) is 11.6. The fourth-order valence-corrected chi connectivity index (χ4v) is 4.67. The summed E-state index contributed by atoms with van der Waals surface area (Å²) in [7, 11) is 0. The number of nitrogens with one attached hydrogen (secondary N) is 1. The lowest BCUT2D eigenvalue weighted by molar-refractivity contribution is -0.119. The van der Waals surface area contributed by atoms with Crippen LogP contribution in [-0.4, -0.2) is 40.5 Å². The van der Waals surface area contributed by atoms with E-state index in [1.54, 1.807) is 10.6 Å². The van der Waals surface area contributed by atoms with Gasteiger partial charge in [0.05, 0.1) is 16.7 Å². The molecule has 1 amide bonds.